The molecular formula is C13H17ClN2O. The molecule has 0 bridgehead atoms. The maximum absolute atomic E-state index is 10.6. The summed E-state index contributed by atoms with van der Waals surface area (Å²) in [5, 5.41) is 15.0. The fraction of sp³-hybridized carbons (Fsp3) is 0.385. The van der Waals surface area contributed by atoms with E-state index in [1.807, 2.05) is 24.4 Å². The van der Waals surface area contributed by atoms with Gasteiger partial charge in [0, 0.05) is 29.2 Å². The van der Waals surface area contributed by atoms with Crippen LogP contribution in [0.1, 0.15) is 18.4 Å². The molecule has 3 N–H and O–H groups in total. The monoisotopic (exact) mass is 252 g/mol. The van der Waals surface area contributed by atoms with Crippen molar-refractivity contribution < 1.29 is 5.11 Å². The van der Waals surface area contributed by atoms with Gasteiger partial charge in [-0.2, -0.15) is 0 Å². The normalized spacial score (nSPS) is 24.5. The number of H-pyrrole nitrogens is 1. The van der Waals surface area contributed by atoms with Crippen molar-refractivity contribution in [3.05, 3.63) is 36.0 Å². The number of β-amino-alcohol motifs (C(OH)–C–C–N with tert-alkyl or cyclic N) is 1. The van der Waals surface area contributed by atoms with Gasteiger partial charge in [-0.05, 0) is 25.5 Å². The van der Waals surface area contributed by atoms with Gasteiger partial charge in [0.15, 0.2) is 0 Å². The minimum absolute atomic E-state index is 0. The number of hydrogen-bond donors (Lipinski definition) is 3. The lowest BCUT2D eigenvalue weighted by molar-refractivity contribution is 0.0137. The number of aromatic nitrogens is 1. The molecule has 1 fully saturated rings. The number of halogens is 1. The molecule has 92 valence electrons. The van der Waals surface area contributed by atoms with Gasteiger partial charge in [0.2, 0.25) is 0 Å². The Labute approximate surface area is 107 Å². The second kappa shape index (κ2) is 4.69. The second-order valence-electron chi connectivity index (χ2n) is 4.56. The molecule has 0 radical (unpaired) electrons. The summed E-state index contributed by atoms with van der Waals surface area (Å²) in [6.07, 6.45) is 3.80. The Morgan fingerprint density at radius 1 is 1.24 bits per heavy atom. The van der Waals surface area contributed by atoms with Crippen LogP contribution in [0.15, 0.2) is 30.5 Å². The van der Waals surface area contributed by atoms with Crippen LogP contribution < -0.4 is 5.32 Å². The van der Waals surface area contributed by atoms with Crippen LogP contribution >= 0.6 is 12.4 Å². The summed E-state index contributed by atoms with van der Waals surface area (Å²) in [5.41, 5.74) is 1.41. The molecule has 3 nitrogen and oxygen atoms in total. The molecule has 2 aromatic rings. The third kappa shape index (κ3) is 2.06. The Bertz CT molecular complexity index is 503. The number of fused-ring (bicyclic) bond motifs is 1. The predicted octanol–water partition coefficient (Wildman–Crippen LogP) is 2.16. The first-order chi connectivity index (χ1) is 7.80. The molecule has 1 aliphatic heterocycles. The van der Waals surface area contributed by atoms with Gasteiger partial charge in [0.05, 0.1) is 0 Å². The maximum atomic E-state index is 10.6. The average Bonchev–Trinajstić information content (AvgIpc) is 2.74. The summed E-state index contributed by atoms with van der Waals surface area (Å²) in [5.74, 6) is 0. The van der Waals surface area contributed by atoms with Crippen LogP contribution in [0.3, 0.4) is 0 Å². The number of hydrogen-bond acceptors (Lipinski definition) is 2. The van der Waals surface area contributed by atoms with Crippen molar-refractivity contribution in [2.75, 3.05) is 13.1 Å². The highest BCUT2D eigenvalue weighted by atomic mass is 35.5. The predicted molar refractivity (Wildman–Crippen MR) is 71.5 cm³/mol. The number of piperidine rings is 1. The number of aliphatic hydroxyl groups is 1. The summed E-state index contributed by atoms with van der Waals surface area (Å²) in [7, 11) is 0. The molecule has 1 saturated heterocycles. The molecule has 0 amide bonds. The Kier molecular flexibility index (Phi) is 3.43. The van der Waals surface area contributed by atoms with Crippen LogP contribution in [0, 0.1) is 0 Å². The second-order valence-corrected chi connectivity index (χ2v) is 4.56. The van der Waals surface area contributed by atoms with Crippen molar-refractivity contribution in [3.8, 4) is 0 Å². The summed E-state index contributed by atoms with van der Waals surface area (Å²) in [6, 6.07) is 8.12. The van der Waals surface area contributed by atoms with E-state index in [1.165, 1.54) is 0 Å². The molecule has 0 spiro atoms. The zero-order valence-electron chi connectivity index (χ0n) is 9.57. The van der Waals surface area contributed by atoms with Gasteiger partial charge in [0.1, 0.15) is 5.60 Å². The minimum atomic E-state index is -0.710. The molecular weight excluding hydrogens is 236 g/mol. The Balaban J connectivity index is 0.00000108. The zero-order valence-corrected chi connectivity index (χ0v) is 10.4. The first-order valence-corrected chi connectivity index (χ1v) is 5.79. The van der Waals surface area contributed by atoms with Crippen molar-refractivity contribution in [1.29, 1.82) is 0 Å². The average molecular weight is 253 g/mol. The number of benzene rings is 1. The molecule has 0 aliphatic carbocycles. The SMILES string of the molecule is Cl.OC1(c2c[nH]c3ccccc23)CCCNC1. The summed E-state index contributed by atoms with van der Waals surface area (Å²) < 4.78 is 0. The van der Waals surface area contributed by atoms with E-state index >= 15 is 0 Å². The highest BCUT2D eigenvalue weighted by Crippen LogP contribution is 2.33. The fourth-order valence-corrected chi connectivity index (χ4v) is 2.58. The zero-order chi connectivity index (χ0) is 11.0. The molecule has 1 aromatic heterocycles. The van der Waals surface area contributed by atoms with E-state index in [0.717, 1.165) is 35.9 Å². The standard InChI is InChI=1S/C13H16N2O.ClH/c16-13(6-3-7-14-9-13)11-8-15-12-5-2-1-4-10(11)12;/h1-2,4-5,8,14-16H,3,6-7,9H2;1H. The smallest absolute Gasteiger partial charge is 0.104 e. The number of rotatable bonds is 1. The van der Waals surface area contributed by atoms with Gasteiger partial charge in [-0.25, -0.2) is 0 Å². The lowest BCUT2D eigenvalue weighted by Crippen LogP contribution is -2.43. The third-order valence-electron chi connectivity index (χ3n) is 3.45. The lowest BCUT2D eigenvalue weighted by Gasteiger charge is -2.32. The Hall–Kier alpha value is -1.03. The first-order valence-electron chi connectivity index (χ1n) is 5.79. The van der Waals surface area contributed by atoms with Gasteiger partial charge >= 0.3 is 0 Å². The van der Waals surface area contributed by atoms with E-state index in [9.17, 15) is 5.11 Å². The van der Waals surface area contributed by atoms with Crippen LogP contribution in [-0.2, 0) is 5.60 Å². The molecule has 17 heavy (non-hydrogen) atoms. The highest BCUT2D eigenvalue weighted by Gasteiger charge is 2.33. The Morgan fingerprint density at radius 2 is 2.06 bits per heavy atom. The number of para-hydroxylation sites is 1. The van der Waals surface area contributed by atoms with Crippen molar-refractivity contribution in [2.24, 2.45) is 0 Å². The van der Waals surface area contributed by atoms with Gasteiger partial charge < -0.3 is 15.4 Å². The van der Waals surface area contributed by atoms with Crippen LogP contribution in [0.2, 0.25) is 0 Å². The van der Waals surface area contributed by atoms with E-state index in [1.54, 1.807) is 0 Å². The Morgan fingerprint density at radius 3 is 2.82 bits per heavy atom. The van der Waals surface area contributed by atoms with Crippen LogP contribution in [-0.4, -0.2) is 23.2 Å². The number of nitrogens with one attached hydrogen (secondary N) is 2. The quantitative estimate of drug-likeness (QED) is 0.729. The van der Waals surface area contributed by atoms with Crippen LogP contribution in [0.4, 0.5) is 0 Å². The molecule has 4 heteroatoms. The molecule has 3 rings (SSSR count). The molecule has 2 heterocycles. The molecule has 1 atom stereocenters. The van der Waals surface area contributed by atoms with E-state index in [4.69, 9.17) is 0 Å². The molecule has 1 unspecified atom stereocenters. The van der Waals surface area contributed by atoms with Crippen molar-refractivity contribution in [2.45, 2.75) is 18.4 Å². The molecule has 1 aliphatic rings. The first kappa shape index (κ1) is 12.4. The van der Waals surface area contributed by atoms with Crippen LogP contribution in [0.25, 0.3) is 10.9 Å². The largest absolute Gasteiger partial charge is 0.384 e. The summed E-state index contributed by atoms with van der Waals surface area (Å²) in [6.45, 7) is 1.65. The van der Waals surface area contributed by atoms with E-state index in [2.05, 4.69) is 16.4 Å². The molecule has 1 aromatic carbocycles. The third-order valence-corrected chi connectivity index (χ3v) is 3.45. The summed E-state index contributed by atoms with van der Waals surface area (Å²) in [4.78, 5) is 3.22. The van der Waals surface area contributed by atoms with E-state index < -0.39 is 5.60 Å². The van der Waals surface area contributed by atoms with E-state index in [-0.39, 0.29) is 12.4 Å². The van der Waals surface area contributed by atoms with Crippen LogP contribution in [0.5, 0.6) is 0 Å². The van der Waals surface area contributed by atoms with E-state index in [0.29, 0.717) is 6.54 Å². The van der Waals surface area contributed by atoms with Crippen molar-refractivity contribution >= 4 is 23.3 Å². The molecule has 0 saturated carbocycles. The van der Waals surface area contributed by atoms with Crippen molar-refractivity contribution in [3.63, 3.8) is 0 Å². The lowest BCUT2D eigenvalue weighted by atomic mass is 9.86. The fourth-order valence-electron chi connectivity index (χ4n) is 2.58. The maximum Gasteiger partial charge on any atom is 0.104 e. The highest BCUT2D eigenvalue weighted by molar-refractivity contribution is 5.85. The summed E-state index contributed by atoms with van der Waals surface area (Å²) >= 11 is 0. The minimum Gasteiger partial charge on any atom is -0.384 e. The van der Waals surface area contributed by atoms with Gasteiger partial charge in [-0.3, -0.25) is 0 Å². The topological polar surface area (TPSA) is 48.0 Å². The van der Waals surface area contributed by atoms with Gasteiger partial charge in [-0.15, -0.1) is 12.4 Å². The van der Waals surface area contributed by atoms with Gasteiger partial charge in [0.25, 0.3) is 0 Å². The van der Waals surface area contributed by atoms with Crippen molar-refractivity contribution in [1.82, 2.24) is 10.3 Å². The van der Waals surface area contributed by atoms with Gasteiger partial charge in [-0.1, -0.05) is 18.2 Å². The number of aromatic amines is 1.